The molecule has 0 aromatic rings. The number of halogens is 2. The molecule has 0 aliphatic carbocycles. The van der Waals surface area contributed by atoms with Crippen LogP contribution in [0.4, 0.5) is 8.78 Å². The minimum Gasteiger partial charge on any atom is -0.395 e. The third-order valence-electron chi connectivity index (χ3n) is 2.33. The first-order valence-corrected chi connectivity index (χ1v) is 6.09. The van der Waals surface area contributed by atoms with Gasteiger partial charge < -0.3 is 5.11 Å². The summed E-state index contributed by atoms with van der Waals surface area (Å²) in [6.07, 6.45) is 0. The fourth-order valence-electron chi connectivity index (χ4n) is 1.46. The second-order valence-corrected chi connectivity index (χ2v) is 5.17. The van der Waals surface area contributed by atoms with Crippen molar-refractivity contribution in [1.29, 1.82) is 0 Å². The Balaban J connectivity index is 2.51. The molecule has 5 nitrogen and oxygen atoms in total. The van der Waals surface area contributed by atoms with Crippen molar-refractivity contribution in [2.75, 3.05) is 39.3 Å². The lowest BCUT2D eigenvalue weighted by Crippen LogP contribution is -2.50. The van der Waals surface area contributed by atoms with Gasteiger partial charge in [-0.25, -0.2) is 8.42 Å². The van der Waals surface area contributed by atoms with Crippen molar-refractivity contribution >= 4 is 10.0 Å². The van der Waals surface area contributed by atoms with E-state index < -0.39 is 15.8 Å². The number of nitrogens with zero attached hydrogens (tertiary/aromatic N) is 2. The third-order valence-corrected chi connectivity index (χ3v) is 3.87. The molecule has 0 aromatic carbocycles. The van der Waals surface area contributed by atoms with Gasteiger partial charge in [-0.2, -0.15) is 13.1 Å². The first-order valence-electron chi connectivity index (χ1n) is 4.59. The van der Waals surface area contributed by atoms with Crippen molar-refractivity contribution in [2.45, 2.75) is 5.76 Å². The number of hydrogen-bond acceptors (Lipinski definition) is 4. The Hall–Kier alpha value is -0.310. The number of aliphatic hydroxyl groups is 1. The summed E-state index contributed by atoms with van der Waals surface area (Å²) in [6.45, 7) is 1.32. The van der Waals surface area contributed by atoms with E-state index >= 15 is 0 Å². The number of rotatable bonds is 4. The normalized spacial score (nSPS) is 21.1. The molecule has 0 radical (unpaired) electrons. The van der Waals surface area contributed by atoms with Gasteiger partial charge in [0.1, 0.15) is 0 Å². The average molecular weight is 244 g/mol. The molecule has 0 amide bonds. The van der Waals surface area contributed by atoms with Crippen LogP contribution in [0.25, 0.3) is 0 Å². The summed E-state index contributed by atoms with van der Waals surface area (Å²) in [6, 6.07) is 0. The summed E-state index contributed by atoms with van der Waals surface area (Å²) in [4.78, 5) is 1.83. The highest BCUT2D eigenvalue weighted by molar-refractivity contribution is 7.89. The van der Waals surface area contributed by atoms with Crippen LogP contribution >= 0.6 is 0 Å². The molecule has 15 heavy (non-hydrogen) atoms. The summed E-state index contributed by atoms with van der Waals surface area (Å²) in [7, 11) is -4.43. The van der Waals surface area contributed by atoms with E-state index in [0.29, 0.717) is 19.6 Å². The molecule has 0 unspecified atom stereocenters. The predicted molar refractivity (Wildman–Crippen MR) is 50.0 cm³/mol. The highest BCUT2D eigenvalue weighted by atomic mass is 32.2. The molecule has 90 valence electrons. The topological polar surface area (TPSA) is 60.9 Å². The van der Waals surface area contributed by atoms with Crippen molar-refractivity contribution < 1.29 is 22.3 Å². The molecular formula is C7H14F2N2O3S. The van der Waals surface area contributed by atoms with Gasteiger partial charge in [0.25, 0.3) is 10.0 Å². The lowest BCUT2D eigenvalue weighted by Gasteiger charge is -2.33. The molecule has 1 rings (SSSR count). The van der Waals surface area contributed by atoms with Gasteiger partial charge in [0.05, 0.1) is 6.61 Å². The van der Waals surface area contributed by atoms with Gasteiger partial charge in [-0.3, -0.25) is 4.90 Å². The lowest BCUT2D eigenvalue weighted by atomic mass is 10.4. The number of hydrogen-bond donors (Lipinski definition) is 1. The van der Waals surface area contributed by atoms with E-state index in [4.69, 9.17) is 5.11 Å². The van der Waals surface area contributed by atoms with Crippen LogP contribution < -0.4 is 0 Å². The van der Waals surface area contributed by atoms with Gasteiger partial charge in [-0.15, -0.1) is 0 Å². The Labute approximate surface area is 87.3 Å². The second-order valence-electron chi connectivity index (χ2n) is 3.27. The zero-order chi connectivity index (χ0) is 11.5. The van der Waals surface area contributed by atoms with Gasteiger partial charge in [-0.1, -0.05) is 0 Å². The SMILES string of the molecule is O=S(=O)(C(F)F)N1CCN(CCO)CC1. The summed E-state index contributed by atoms with van der Waals surface area (Å²) in [5.74, 6) is -3.35. The molecule has 1 N–H and O–H groups in total. The highest BCUT2D eigenvalue weighted by Gasteiger charge is 2.33. The summed E-state index contributed by atoms with van der Waals surface area (Å²) >= 11 is 0. The lowest BCUT2D eigenvalue weighted by molar-refractivity contribution is 0.143. The van der Waals surface area contributed by atoms with Crippen molar-refractivity contribution in [3.05, 3.63) is 0 Å². The maximum atomic E-state index is 12.2. The van der Waals surface area contributed by atoms with Crippen LogP contribution in [0.1, 0.15) is 0 Å². The predicted octanol–water partition coefficient (Wildman–Crippen LogP) is -0.851. The monoisotopic (exact) mass is 244 g/mol. The van der Waals surface area contributed by atoms with E-state index in [1.54, 1.807) is 0 Å². The Bertz CT molecular complexity index is 289. The van der Waals surface area contributed by atoms with Gasteiger partial charge in [-0.05, 0) is 0 Å². The average Bonchev–Trinajstić information content (AvgIpc) is 2.19. The maximum absolute atomic E-state index is 12.2. The molecule has 8 heteroatoms. The van der Waals surface area contributed by atoms with Crippen molar-refractivity contribution in [3.63, 3.8) is 0 Å². The molecule has 1 heterocycles. The minimum atomic E-state index is -4.43. The Morgan fingerprint density at radius 3 is 2.13 bits per heavy atom. The quantitative estimate of drug-likeness (QED) is 0.699. The molecule has 0 bridgehead atoms. The number of aliphatic hydroxyl groups excluding tert-OH is 1. The van der Waals surface area contributed by atoms with Crippen molar-refractivity contribution in [2.24, 2.45) is 0 Å². The molecule has 0 atom stereocenters. The smallest absolute Gasteiger partial charge is 0.350 e. The third kappa shape index (κ3) is 3.07. The Morgan fingerprint density at radius 1 is 1.20 bits per heavy atom. The van der Waals surface area contributed by atoms with Crippen LogP contribution in [-0.4, -0.2) is 67.8 Å². The van der Waals surface area contributed by atoms with Gasteiger partial charge in [0, 0.05) is 32.7 Å². The molecule has 0 spiro atoms. The molecular weight excluding hydrogens is 230 g/mol. The molecule has 1 saturated heterocycles. The van der Waals surface area contributed by atoms with E-state index in [0.717, 1.165) is 4.31 Å². The van der Waals surface area contributed by atoms with Gasteiger partial charge >= 0.3 is 5.76 Å². The Kier molecular flexibility index (Phi) is 4.38. The number of sulfonamides is 1. The zero-order valence-electron chi connectivity index (χ0n) is 8.14. The number of β-amino-alcohol motifs (C(OH)–C–C–N with tert-alkyl or cyclic N) is 1. The van der Waals surface area contributed by atoms with E-state index in [9.17, 15) is 17.2 Å². The summed E-state index contributed by atoms with van der Waals surface area (Å²) < 4.78 is 47.2. The van der Waals surface area contributed by atoms with Crippen molar-refractivity contribution in [1.82, 2.24) is 9.21 Å². The van der Waals surface area contributed by atoms with Gasteiger partial charge in [0.2, 0.25) is 0 Å². The molecule has 1 fully saturated rings. The largest absolute Gasteiger partial charge is 0.395 e. The molecule has 0 aromatic heterocycles. The van der Waals surface area contributed by atoms with Crippen LogP contribution in [0.2, 0.25) is 0 Å². The van der Waals surface area contributed by atoms with Crippen LogP contribution in [-0.2, 0) is 10.0 Å². The standard InChI is InChI=1S/C7H14F2N2O3S/c8-7(9)15(13,14)11-3-1-10(2-4-11)5-6-12/h7,12H,1-6H2. The Morgan fingerprint density at radius 2 is 1.73 bits per heavy atom. The fraction of sp³-hybridized carbons (Fsp3) is 1.00. The first kappa shape index (κ1) is 12.8. The van der Waals surface area contributed by atoms with E-state index in [2.05, 4.69) is 0 Å². The second kappa shape index (κ2) is 5.15. The number of alkyl halides is 2. The first-order chi connectivity index (χ1) is 6.98. The fourth-order valence-corrected chi connectivity index (χ4v) is 2.36. The van der Waals surface area contributed by atoms with Crippen LogP contribution in [0, 0.1) is 0 Å². The molecule has 1 aliphatic heterocycles. The maximum Gasteiger partial charge on any atom is 0.350 e. The van der Waals surface area contributed by atoms with Crippen LogP contribution in [0.5, 0.6) is 0 Å². The van der Waals surface area contributed by atoms with Crippen molar-refractivity contribution in [3.8, 4) is 0 Å². The summed E-state index contributed by atoms with van der Waals surface area (Å²) in [5.41, 5.74) is 0. The van der Waals surface area contributed by atoms with E-state index in [-0.39, 0.29) is 19.7 Å². The van der Waals surface area contributed by atoms with E-state index in [1.165, 1.54) is 0 Å². The number of piperazine rings is 1. The highest BCUT2D eigenvalue weighted by Crippen LogP contribution is 2.14. The molecule has 0 saturated carbocycles. The zero-order valence-corrected chi connectivity index (χ0v) is 8.96. The van der Waals surface area contributed by atoms with E-state index in [1.807, 2.05) is 4.90 Å². The summed E-state index contributed by atoms with van der Waals surface area (Å²) in [5, 5.41) is 8.64. The van der Waals surface area contributed by atoms with Gasteiger partial charge in [0.15, 0.2) is 0 Å². The van der Waals surface area contributed by atoms with Crippen LogP contribution in [0.15, 0.2) is 0 Å². The minimum absolute atomic E-state index is 0.0123. The van der Waals surface area contributed by atoms with Crippen LogP contribution in [0.3, 0.4) is 0 Å². The molecule has 1 aliphatic rings.